The van der Waals surface area contributed by atoms with Crippen molar-refractivity contribution in [1.82, 2.24) is 4.90 Å². The molecule has 0 aliphatic carbocycles. The molecular weight excluding hydrogens is 296 g/mol. The Bertz CT molecular complexity index is 411. The van der Waals surface area contributed by atoms with Crippen LogP contribution in [0.15, 0.2) is 0 Å². The van der Waals surface area contributed by atoms with Crippen molar-refractivity contribution in [2.24, 2.45) is 22.0 Å². The standard InChI is InChI=1S/C17H34N2O4/c1-15(2,3)11(9-20)19(12(10-21)16(4,5)6)14(23)17(7,8)13(18)22/h11-12,20-21H,9-10H2,1-8H3,(H2,18,22)/t11-,12-/m1/s1. The van der Waals surface area contributed by atoms with E-state index >= 15 is 0 Å². The molecule has 0 saturated carbocycles. The highest BCUT2D eigenvalue weighted by Gasteiger charge is 2.47. The number of hydrogen-bond acceptors (Lipinski definition) is 4. The Balaban J connectivity index is 6.21. The number of aliphatic hydroxyl groups is 2. The van der Waals surface area contributed by atoms with E-state index in [2.05, 4.69) is 0 Å². The van der Waals surface area contributed by atoms with Crippen molar-refractivity contribution in [2.45, 2.75) is 67.5 Å². The van der Waals surface area contributed by atoms with Crippen molar-refractivity contribution < 1.29 is 19.8 Å². The van der Waals surface area contributed by atoms with Gasteiger partial charge in [0.1, 0.15) is 5.41 Å². The third-order valence-corrected chi connectivity index (χ3v) is 4.40. The zero-order valence-electron chi connectivity index (χ0n) is 15.8. The van der Waals surface area contributed by atoms with Crippen molar-refractivity contribution in [3.8, 4) is 0 Å². The molecule has 0 aromatic rings. The van der Waals surface area contributed by atoms with Crippen LogP contribution in [0, 0.1) is 16.2 Å². The van der Waals surface area contributed by atoms with E-state index in [1.807, 2.05) is 41.5 Å². The lowest BCUT2D eigenvalue weighted by molar-refractivity contribution is -0.160. The first kappa shape index (κ1) is 21.9. The van der Waals surface area contributed by atoms with E-state index in [1.165, 1.54) is 18.7 Å². The molecule has 0 fully saturated rings. The summed E-state index contributed by atoms with van der Waals surface area (Å²) in [5.74, 6) is -1.21. The maximum Gasteiger partial charge on any atom is 0.238 e. The van der Waals surface area contributed by atoms with Gasteiger partial charge in [-0.15, -0.1) is 0 Å². The van der Waals surface area contributed by atoms with E-state index in [1.54, 1.807) is 0 Å². The van der Waals surface area contributed by atoms with E-state index in [9.17, 15) is 19.8 Å². The summed E-state index contributed by atoms with van der Waals surface area (Å²) in [6.07, 6.45) is 0. The Morgan fingerprint density at radius 1 is 0.870 bits per heavy atom. The molecule has 0 radical (unpaired) electrons. The molecule has 0 bridgehead atoms. The number of carbonyl (C=O) groups is 2. The number of amides is 2. The number of carbonyl (C=O) groups excluding carboxylic acids is 2. The number of primary amides is 1. The largest absolute Gasteiger partial charge is 0.394 e. The van der Waals surface area contributed by atoms with Crippen LogP contribution in [0.3, 0.4) is 0 Å². The highest BCUT2D eigenvalue weighted by Crippen LogP contribution is 2.35. The molecule has 0 unspecified atom stereocenters. The van der Waals surface area contributed by atoms with E-state index in [0.29, 0.717) is 0 Å². The van der Waals surface area contributed by atoms with Gasteiger partial charge in [-0.3, -0.25) is 9.59 Å². The molecule has 0 spiro atoms. The van der Waals surface area contributed by atoms with Crippen LogP contribution in [0.4, 0.5) is 0 Å². The maximum absolute atomic E-state index is 13.1. The monoisotopic (exact) mass is 330 g/mol. The van der Waals surface area contributed by atoms with Gasteiger partial charge in [-0.25, -0.2) is 0 Å². The number of nitrogens with two attached hydrogens (primary N) is 1. The van der Waals surface area contributed by atoms with Gasteiger partial charge >= 0.3 is 0 Å². The fraction of sp³-hybridized carbons (Fsp3) is 0.882. The van der Waals surface area contributed by atoms with Gasteiger partial charge in [0.25, 0.3) is 0 Å². The first-order valence-electron chi connectivity index (χ1n) is 7.96. The van der Waals surface area contributed by atoms with Crippen LogP contribution in [0.5, 0.6) is 0 Å². The molecule has 0 heterocycles. The molecule has 23 heavy (non-hydrogen) atoms. The van der Waals surface area contributed by atoms with Crippen LogP contribution in [-0.4, -0.2) is 52.2 Å². The van der Waals surface area contributed by atoms with Crippen LogP contribution in [0.25, 0.3) is 0 Å². The molecule has 136 valence electrons. The Morgan fingerprint density at radius 2 is 1.17 bits per heavy atom. The summed E-state index contributed by atoms with van der Waals surface area (Å²) in [7, 11) is 0. The summed E-state index contributed by atoms with van der Waals surface area (Å²) in [6, 6.07) is -1.10. The zero-order chi connectivity index (χ0) is 18.8. The van der Waals surface area contributed by atoms with Crippen molar-refractivity contribution in [2.75, 3.05) is 13.2 Å². The van der Waals surface area contributed by atoms with Crippen molar-refractivity contribution >= 4 is 11.8 Å². The molecule has 2 amide bonds. The van der Waals surface area contributed by atoms with E-state index < -0.39 is 40.1 Å². The quantitative estimate of drug-likeness (QED) is 0.635. The average Bonchev–Trinajstić information content (AvgIpc) is 2.34. The molecule has 0 rings (SSSR count). The molecule has 4 N–H and O–H groups in total. The van der Waals surface area contributed by atoms with Gasteiger partial charge in [-0.1, -0.05) is 41.5 Å². The minimum Gasteiger partial charge on any atom is -0.394 e. The lowest BCUT2D eigenvalue weighted by atomic mass is 9.78. The first-order valence-corrected chi connectivity index (χ1v) is 7.96. The minimum atomic E-state index is -1.42. The van der Waals surface area contributed by atoms with Crippen molar-refractivity contribution in [3.05, 3.63) is 0 Å². The topological polar surface area (TPSA) is 104 Å². The first-order chi connectivity index (χ1) is 10.1. The molecule has 0 aromatic heterocycles. The van der Waals surface area contributed by atoms with Crippen LogP contribution < -0.4 is 5.73 Å². The molecular formula is C17H34N2O4. The van der Waals surface area contributed by atoms with Gasteiger partial charge in [0.05, 0.1) is 25.3 Å². The highest BCUT2D eigenvalue weighted by molar-refractivity contribution is 6.03. The number of hydrogen-bond donors (Lipinski definition) is 3. The molecule has 6 heteroatoms. The van der Waals surface area contributed by atoms with Gasteiger partial charge in [0.15, 0.2) is 0 Å². The summed E-state index contributed by atoms with van der Waals surface area (Å²) >= 11 is 0. The summed E-state index contributed by atoms with van der Waals surface area (Å²) in [6.45, 7) is 13.8. The number of aliphatic hydroxyl groups excluding tert-OH is 2. The zero-order valence-corrected chi connectivity index (χ0v) is 15.8. The van der Waals surface area contributed by atoms with Gasteiger partial charge in [-0.05, 0) is 24.7 Å². The van der Waals surface area contributed by atoms with Crippen molar-refractivity contribution in [3.63, 3.8) is 0 Å². The number of nitrogens with zero attached hydrogens (tertiary/aromatic N) is 1. The lowest BCUT2D eigenvalue weighted by Gasteiger charge is -2.49. The van der Waals surface area contributed by atoms with Crippen LogP contribution in [0.2, 0.25) is 0 Å². The summed E-state index contributed by atoms with van der Waals surface area (Å²) in [5, 5.41) is 19.8. The fourth-order valence-corrected chi connectivity index (χ4v) is 2.49. The average molecular weight is 330 g/mol. The Labute approximate surface area is 140 Å². The Kier molecular flexibility index (Phi) is 6.82. The van der Waals surface area contributed by atoms with E-state index in [-0.39, 0.29) is 13.2 Å². The summed E-state index contributed by atoms with van der Waals surface area (Å²) in [5.41, 5.74) is 3.11. The fourth-order valence-electron chi connectivity index (χ4n) is 2.49. The Hall–Kier alpha value is -1.14. The lowest BCUT2D eigenvalue weighted by Crippen LogP contribution is -2.63. The predicted molar refractivity (Wildman–Crippen MR) is 90.5 cm³/mol. The third kappa shape index (κ3) is 4.91. The summed E-state index contributed by atoms with van der Waals surface area (Å²) < 4.78 is 0. The molecule has 0 aliphatic heterocycles. The normalized spacial score (nSPS) is 15.9. The third-order valence-electron chi connectivity index (χ3n) is 4.40. The SMILES string of the molecule is CC(C)(C(N)=O)C(=O)N([C@H](CO)C(C)(C)C)[C@H](CO)C(C)(C)C. The van der Waals surface area contributed by atoms with Gasteiger partial charge in [0, 0.05) is 0 Å². The van der Waals surface area contributed by atoms with Crippen LogP contribution >= 0.6 is 0 Å². The maximum atomic E-state index is 13.1. The molecule has 0 saturated heterocycles. The highest BCUT2D eigenvalue weighted by atomic mass is 16.3. The minimum absolute atomic E-state index is 0.267. The number of rotatable bonds is 6. The second kappa shape index (κ2) is 7.18. The molecule has 6 nitrogen and oxygen atoms in total. The van der Waals surface area contributed by atoms with Crippen LogP contribution in [0.1, 0.15) is 55.4 Å². The second-order valence-electron chi connectivity index (χ2n) is 8.83. The Morgan fingerprint density at radius 3 is 1.35 bits per heavy atom. The van der Waals surface area contributed by atoms with Crippen LogP contribution in [-0.2, 0) is 9.59 Å². The van der Waals surface area contributed by atoms with Gasteiger partial charge in [0.2, 0.25) is 11.8 Å². The molecule has 0 aliphatic rings. The van der Waals surface area contributed by atoms with E-state index in [0.717, 1.165) is 0 Å². The van der Waals surface area contributed by atoms with E-state index in [4.69, 9.17) is 5.73 Å². The predicted octanol–water partition coefficient (Wildman–Crippen LogP) is 1.14. The van der Waals surface area contributed by atoms with Crippen molar-refractivity contribution in [1.29, 1.82) is 0 Å². The summed E-state index contributed by atoms with van der Waals surface area (Å²) in [4.78, 5) is 26.3. The van der Waals surface area contributed by atoms with Gasteiger partial charge in [-0.2, -0.15) is 0 Å². The van der Waals surface area contributed by atoms with Gasteiger partial charge < -0.3 is 20.8 Å². The second-order valence-corrected chi connectivity index (χ2v) is 8.83. The molecule has 2 atom stereocenters. The molecule has 0 aromatic carbocycles. The smallest absolute Gasteiger partial charge is 0.238 e.